The first-order valence-electron chi connectivity index (χ1n) is 4.90. The van der Waals surface area contributed by atoms with Crippen molar-refractivity contribution in [2.45, 2.75) is 13.1 Å². The van der Waals surface area contributed by atoms with Gasteiger partial charge in [-0.2, -0.15) is 0 Å². The molecule has 16 heavy (non-hydrogen) atoms. The summed E-state index contributed by atoms with van der Waals surface area (Å²) in [5, 5.41) is 3.08. The lowest BCUT2D eigenvalue weighted by Gasteiger charge is -2.18. The van der Waals surface area contributed by atoms with E-state index in [1.807, 2.05) is 25.3 Å². The summed E-state index contributed by atoms with van der Waals surface area (Å²) in [4.78, 5) is 19.4. The van der Waals surface area contributed by atoms with E-state index in [9.17, 15) is 4.79 Å². The molecule has 1 unspecified atom stereocenters. The van der Waals surface area contributed by atoms with E-state index in [0.717, 1.165) is 11.1 Å². The molecule has 1 atom stereocenters. The Hall–Kier alpha value is -2.17. The number of hydrogen-bond acceptors (Lipinski definition) is 4. The molecule has 0 saturated carbocycles. The Bertz CT molecular complexity index is 479. The second-order valence-electron chi connectivity index (χ2n) is 3.46. The predicted molar refractivity (Wildman–Crippen MR) is 61.0 cm³/mol. The average molecular weight is 216 g/mol. The number of pyridine rings is 1. The minimum Gasteiger partial charge on any atom is -0.366 e. The Balaban J connectivity index is 2.41. The van der Waals surface area contributed by atoms with E-state index in [4.69, 9.17) is 5.73 Å². The van der Waals surface area contributed by atoms with Crippen LogP contribution in [0.2, 0.25) is 0 Å². The van der Waals surface area contributed by atoms with E-state index < -0.39 is 5.91 Å². The van der Waals surface area contributed by atoms with Crippen molar-refractivity contribution in [2.75, 3.05) is 0 Å². The van der Waals surface area contributed by atoms with Crippen molar-refractivity contribution < 1.29 is 4.79 Å². The van der Waals surface area contributed by atoms with Gasteiger partial charge < -0.3 is 11.1 Å². The van der Waals surface area contributed by atoms with Crippen LogP contribution in [0.1, 0.15) is 27.8 Å². The highest BCUT2D eigenvalue weighted by Crippen LogP contribution is 2.21. The molecule has 0 radical (unpaired) electrons. The molecule has 0 spiro atoms. The minimum absolute atomic E-state index is 0.175. The van der Waals surface area contributed by atoms with E-state index in [-0.39, 0.29) is 6.17 Å². The molecule has 2 rings (SSSR count). The van der Waals surface area contributed by atoms with Gasteiger partial charge in [0.2, 0.25) is 0 Å². The summed E-state index contributed by atoms with van der Waals surface area (Å²) in [6.45, 7) is 1.82. The number of carbonyl (C=O) groups excluding carboxylic acids is 1. The number of primary amides is 1. The van der Waals surface area contributed by atoms with Crippen molar-refractivity contribution in [1.29, 1.82) is 0 Å². The van der Waals surface area contributed by atoms with Crippen molar-refractivity contribution in [1.82, 2.24) is 10.3 Å². The third-order valence-electron chi connectivity index (χ3n) is 2.45. The standard InChI is InChI=1S/C11H12N4O/c1-7-8(11-14-4-2-5-15-11)3-6-13-9(7)10(12)16/h2-6,11,14H,1H3,(H2,12,16). The fourth-order valence-electron chi connectivity index (χ4n) is 1.63. The number of rotatable bonds is 2. The van der Waals surface area contributed by atoms with Crippen LogP contribution in [0.5, 0.6) is 0 Å². The first-order valence-corrected chi connectivity index (χ1v) is 4.90. The first-order chi connectivity index (χ1) is 7.70. The van der Waals surface area contributed by atoms with Crippen LogP contribution in [-0.2, 0) is 0 Å². The Morgan fingerprint density at radius 3 is 3.00 bits per heavy atom. The molecule has 0 aliphatic carbocycles. The topological polar surface area (TPSA) is 80.4 Å². The third kappa shape index (κ3) is 1.79. The van der Waals surface area contributed by atoms with Gasteiger partial charge in [0.25, 0.3) is 5.91 Å². The molecule has 5 heteroatoms. The zero-order valence-corrected chi connectivity index (χ0v) is 8.84. The first kappa shape index (κ1) is 10.4. The number of nitrogens with one attached hydrogen (secondary N) is 1. The van der Waals surface area contributed by atoms with Crippen LogP contribution in [0.3, 0.4) is 0 Å². The number of aliphatic imine (C=N–C) groups is 1. The lowest BCUT2D eigenvalue weighted by Crippen LogP contribution is -2.21. The van der Waals surface area contributed by atoms with Crippen molar-refractivity contribution >= 4 is 12.1 Å². The fraction of sp³-hybridized carbons (Fsp3) is 0.182. The molecule has 1 aromatic rings. The molecule has 1 aliphatic rings. The molecule has 0 bridgehead atoms. The Labute approximate surface area is 93.1 Å². The molecule has 0 saturated heterocycles. The molecule has 1 aliphatic heterocycles. The smallest absolute Gasteiger partial charge is 0.267 e. The third-order valence-corrected chi connectivity index (χ3v) is 2.45. The molecule has 82 valence electrons. The lowest BCUT2D eigenvalue weighted by molar-refractivity contribution is 0.0995. The number of amides is 1. The van der Waals surface area contributed by atoms with Gasteiger partial charge in [0.05, 0.1) is 0 Å². The quantitative estimate of drug-likeness (QED) is 0.762. The van der Waals surface area contributed by atoms with Gasteiger partial charge >= 0.3 is 0 Å². The number of hydrogen-bond donors (Lipinski definition) is 2. The van der Waals surface area contributed by atoms with Crippen molar-refractivity contribution in [3.8, 4) is 0 Å². The van der Waals surface area contributed by atoms with Gasteiger partial charge in [-0.25, -0.2) is 0 Å². The molecule has 2 heterocycles. The van der Waals surface area contributed by atoms with E-state index >= 15 is 0 Å². The largest absolute Gasteiger partial charge is 0.366 e. The van der Waals surface area contributed by atoms with Crippen molar-refractivity contribution in [3.63, 3.8) is 0 Å². The monoisotopic (exact) mass is 216 g/mol. The van der Waals surface area contributed by atoms with Crippen LogP contribution in [0.15, 0.2) is 29.5 Å². The summed E-state index contributed by atoms with van der Waals surface area (Å²) in [5.41, 5.74) is 7.20. The van der Waals surface area contributed by atoms with Crippen LogP contribution >= 0.6 is 0 Å². The summed E-state index contributed by atoms with van der Waals surface area (Å²) < 4.78 is 0. The summed E-state index contributed by atoms with van der Waals surface area (Å²) in [6, 6.07) is 1.83. The van der Waals surface area contributed by atoms with E-state index in [1.165, 1.54) is 0 Å². The van der Waals surface area contributed by atoms with E-state index in [0.29, 0.717) is 5.69 Å². The summed E-state index contributed by atoms with van der Waals surface area (Å²) in [6.07, 6.45) is 6.72. The maximum atomic E-state index is 11.1. The SMILES string of the molecule is Cc1c(C2N=CC=CN2)ccnc1C(N)=O. The maximum Gasteiger partial charge on any atom is 0.267 e. The van der Waals surface area contributed by atoms with Gasteiger partial charge in [0.15, 0.2) is 0 Å². The van der Waals surface area contributed by atoms with Crippen LogP contribution in [-0.4, -0.2) is 17.1 Å². The molecular weight excluding hydrogens is 204 g/mol. The lowest BCUT2D eigenvalue weighted by atomic mass is 10.0. The zero-order valence-electron chi connectivity index (χ0n) is 8.84. The van der Waals surface area contributed by atoms with Crippen LogP contribution in [0.25, 0.3) is 0 Å². The van der Waals surface area contributed by atoms with Crippen LogP contribution in [0, 0.1) is 6.92 Å². The average Bonchev–Trinajstić information content (AvgIpc) is 2.30. The molecule has 0 fully saturated rings. The van der Waals surface area contributed by atoms with E-state index in [1.54, 1.807) is 12.4 Å². The normalized spacial score (nSPS) is 18.2. The number of carbonyl (C=O) groups is 1. The molecule has 0 aromatic carbocycles. The highest BCUT2D eigenvalue weighted by Gasteiger charge is 2.16. The molecule has 5 nitrogen and oxygen atoms in total. The summed E-state index contributed by atoms with van der Waals surface area (Å²) in [5.74, 6) is -0.519. The van der Waals surface area contributed by atoms with Gasteiger partial charge in [-0.3, -0.25) is 14.8 Å². The van der Waals surface area contributed by atoms with E-state index in [2.05, 4.69) is 15.3 Å². The van der Waals surface area contributed by atoms with Gasteiger partial charge in [0, 0.05) is 18.0 Å². The van der Waals surface area contributed by atoms with Gasteiger partial charge in [-0.15, -0.1) is 0 Å². The van der Waals surface area contributed by atoms with Crippen LogP contribution < -0.4 is 11.1 Å². The minimum atomic E-state index is -0.519. The van der Waals surface area contributed by atoms with Gasteiger partial charge in [0.1, 0.15) is 11.9 Å². The maximum absolute atomic E-state index is 11.1. The molecule has 3 N–H and O–H groups in total. The summed E-state index contributed by atoms with van der Waals surface area (Å²) >= 11 is 0. The second-order valence-corrected chi connectivity index (χ2v) is 3.46. The fourth-order valence-corrected chi connectivity index (χ4v) is 1.63. The molecule has 1 amide bonds. The number of allylic oxidation sites excluding steroid dienone is 1. The molecule has 1 aromatic heterocycles. The zero-order chi connectivity index (χ0) is 11.5. The van der Waals surface area contributed by atoms with Crippen LogP contribution in [0.4, 0.5) is 0 Å². The van der Waals surface area contributed by atoms with Crippen molar-refractivity contribution in [2.24, 2.45) is 10.7 Å². The Morgan fingerprint density at radius 2 is 2.38 bits per heavy atom. The number of nitrogens with zero attached hydrogens (tertiary/aromatic N) is 2. The van der Waals surface area contributed by atoms with Gasteiger partial charge in [-0.1, -0.05) is 0 Å². The highest BCUT2D eigenvalue weighted by atomic mass is 16.1. The Kier molecular flexibility index (Phi) is 2.68. The predicted octanol–water partition coefficient (Wildman–Crippen LogP) is 0.675. The molecular formula is C11H12N4O. The summed E-state index contributed by atoms with van der Waals surface area (Å²) in [7, 11) is 0. The highest BCUT2D eigenvalue weighted by molar-refractivity contribution is 5.92. The van der Waals surface area contributed by atoms with Gasteiger partial charge in [-0.05, 0) is 30.8 Å². The second kappa shape index (κ2) is 4.14. The Morgan fingerprint density at radius 1 is 1.56 bits per heavy atom. The number of aromatic nitrogens is 1. The van der Waals surface area contributed by atoms with Crippen molar-refractivity contribution in [3.05, 3.63) is 41.4 Å². The number of nitrogens with two attached hydrogens (primary N) is 1.